The third-order valence-corrected chi connectivity index (χ3v) is 3.40. The lowest BCUT2D eigenvalue weighted by molar-refractivity contribution is -0.0404. The summed E-state index contributed by atoms with van der Waals surface area (Å²) in [5, 5.41) is 10.3. The van der Waals surface area contributed by atoms with Crippen molar-refractivity contribution in [2.24, 2.45) is 0 Å². The Bertz CT molecular complexity index is 367. The quantitative estimate of drug-likeness (QED) is 0.733. The van der Waals surface area contributed by atoms with Gasteiger partial charge >= 0.3 is 0 Å². The highest BCUT2D eigenvalue weighted by atomic mass is 16.5. The SMILES string of the molecule is OC1(c2cccc3c2OCC3)CCC1. The fourth-order valence-electron chi connectivity index (χ4n) is 2.36. The van der Waals surface area contributed by atoms with Crippen LogP contribution < -0.4 is 4.74 Å². The van der Waals surface area contributed by atoms with E-state index < -0.39 is 5.60 Å². The second kappa shape index (κ2) is 2.74. The highest BCUT2D eigenvalue weighted by molar-refractivity contribution is 5.47. The zero-order valence-corrected chi connectivity index (χ0v) is 8.12. The van der Waals surface area contributed by atoms with E-state index in [1.165, 1.54) is 5.56 Å². The number of rotatable bonds is 1. The molecule has 1 aliphatic carbocycles. The molecule has 1 fully saturated rings. The van der Waals surface area contributed by atoms with Crippen molar-refractivity contribution in [3.8, 4) is 5.75 Å². The van der Waals surface area contributed by atoms with Crippen LogP contribution in [-0.2, 0) is 12.0 Å². The first-order chi connectivity index (χ1) is 6.80. The molecule has 0 atom stereocenters. The Hall–Kier alpha value is -1.02. The molecule has 0 aromatic heterocycles. The van der Waals surface area contributed by atoms with E-state index in [0.717, 1.165) is 43.6 Å². The molecule has 0 amide bonds. The summed E-state index contributed by atoms with van der Waals surface area (Å²) in [7, 11) is 0. The first-order valence-corrected chi connectivity index (χ1v) is 5.27. The first-order valence-electron chi connectivity index (χ1n) is 5.27. The van der Waals surface area contributed by atoms with Gasteiger partial charge in [0.2, 0.25) is 0 Å². The average Bonchev–Trinajstić information content (AvgIpc) is 2.61. The minimum atomic E-state index is -0.588. The van der Waals surface area contributed by atoms with Crippen LogP contribution in [0, 0.1) is 0 Å². The van der Waals surface area contributed by atoms with Crippen molar-refractivity contribution < 1.29 is 9.84 Å². The Morgan fingerprint density at radius 2 is 2.14 bits per heavy atom. The maximum absolute atomic E-state index is 10.3. The maximum atomic E-state index is 10.3. The molecule has 0 radical (unpaired) electrons. The second-order valence-corrected chi connectivity index (χ2v) is 4.28. The summed E-state index contributed by atoms with van der Waals surface area (Å²) in [6.45, 7) is 0.766. The van der Waals surface area contributed by atoms with Crippen molar-refractivity contribution in [2.75, 3.05) is 6.61 Å². The maximum Gasteiger partial charge on any atom is 0.128 e. The van der Waals surface area contributed by atoms with E-state index in [-0.39, 0.29) is 0 Å². The fourth-order valence-corrected chi connectivity index (χ4v) is 2.36. The molecule has 74 valence electrons. The second-order valence-electron chi connectivity index (χ2n) is 4.28. The Labute approximate surface area is 83.5 Å². The Morgan fingerprint density at radius 3 is 2.86 bits per heavy atom. The Morgan fingerprint density at radius 1 is 1.29 bits per heavy atom. The lowest BCUT2D eigenvalue weighted by Crippen LogP contribution is -2.33. The van der Waals surface area contributed by atoms with E-state index >= 15 is 0 Å². The highest BCUT2D eigenvalue weighted by Gasteiger charge is 2.39. The molecule has 1 saturated carbocycles. The number of para-hydroxylation sites is 1. The van der Waals surface area contributed by atoms with Crippen LogP contribution in [0.4, 0.5) is 0 Å². The summed E-state index contributed by atoms with van der Waals surface area (Å²) in [5.74, 6) is 0.953. The van der Waals surface area contributed by atoms with Gasteiger partial charge in [0.05, 0.1) is 12.2 Å². The summed E-state index contributed by atoms with van der Waals surface area (Å²) >= 11 is 0. The molecule has 0 unspecified atom stereocenters. The van der Waals surface area contributed by atoms with Crippen LogP contribution in [0.2, 0.25) is 0 Å². The predicted molar refractivity (Wildman–Crippen MR) is 53.4 cm³/mol. The molecule has 0 saturated heterocycles. The molecule has 1 heterocycles. The van der Waals surface area contributed by atoms with Gasteiger partial charge in [-0.1, -0.05) is 18.2 Å². The van der Waals surface area contributed by atoms with Crippen LogP contribution in [0.25, 0.3) is 0 Å². The van der Waals surface area contributed by atoms with Gasteiger partial charge in [-0.3, -0.25) is 0 Å². The lowest BCUT2D eigenvalue weighted by Gasteiger charge is -2.37. The highest BCUT2D eigenvalue weighted by Crippen LogP contribution is 2.46. The Kier molecular flexibility index (Phi) is 1.62. The van der Waals surface area contributed by atoms with E-state index in [9.17, 15) is 5.11 Å². The first kappa shape index (κ1) is 8.30. The van der Waals surface area contributed by atoms with Gasteiger partial charge in [0.15, 0.2) is 0 Å². The van der Waals surface area contributed by atoms with Crippen LogP contribution in [0.5, 0.6) is 5.75 Å². The van der Waals surface area contributed by atoms with Crippen LogP contribution >= 0.6 is 0 Å². The number of hydrogen-bond acceptors (Lipinski definition) is 2. The molecule has 14 heavy (non-hydrogen) atoms. The van der Waals surface area contributed by atoms with E-state index in [4.69, 9.17) is 4.74 Å². The molecule has 1 aliphatic heterocycles. The number of aliphatic hydroxyl groups is 1. The summed E-state index contributed by atoms with van der Waals surface area (Å²) in [6, 6.07) is 6.12. The summed E-state index contributed by atoms with van der Waals surface area (Å²) in [6.07, 6.45) is 3.87. The standard InChI is InChI=1S/C12H14O2/c13-12(6-2-7-12)10-4-1-3-9-5-8-14-11(9)10/h1,3-4,13H,2,5-8H2. The van der Waals surface area contributed by atoms with Gasteiger partial charge < -0.3 is 9.84 Å². The fraction of sp³-hybridized carbons (Fsp3) is 0.500. The molecule has 2 aliphatic rings. The van der Waals surface area contributed by atoms with E-state index in [1.54, 1.807) is 0 Å². The molecule has 0 bridgehead atoms. The van der Waals surface area contributed by atoms with Crippen molar-refractivity contribution >= 4 is 0 Å². The van der Waals surface area contributed by atoms with Gasteiger partial charge in [-0.15, -0.1) is 0 Å². The zero-order chi connectivity index (χ0) is 9.60. The van der Waals surface area contributed by atoms with Gasteiger partial charge in [0, 0.05) is 12.0 Å². The summed E-state index contributed by atoms with van der Waals surface area (Å²) in [5.41, 5.74) is 1.68. The third kappa shape index (κ3) is 1.01. The minimum absolute atomic E-state index is 0.588. The van der Waals surface area contributed by atoms with Crippen molar-refractivity contribution in [1.29, 1.82) is 0 Å². The molecule has 1 aromatic rings. The van der Waals surface area contributed by atoms with Crippen molar-refractivity contribution in [2.45, 2.75) is 31.3 Å². The average molecular weight is 190 g/mol. The van der Waals surface area contributed by atoms with Gasteiger partial charge in [-0.05, 0) is 24.8 Å². The normalized spacial score (nSPS) is 22.4. The van der Waals surface area contributed by atoms with Gasteiger partial charge in [0.25, 0.3) is 0 Å². The largest absolute Gasteiger partial charge is 0.493 e. The molecule has 2 nitrogen and oxygen atoms in total. The van der Waals surface area contributed by atoms with Crippen molar-refractivity contribution in [3.05, 3.63) is 29.3 Å². The monoisotopic (exact) mass is 190 g/mol. The van der Waals surface area contributed by atoms with Crippen molar-refractivity contribution in [1.82, 2.24) is 0 Å². The summed E-state index contributed by atoms with van der Waals surface area (Å²) in [4.78, 5) is 0. The van der Waals surface area contributed by atoms with Crippen LogP contribution in [0.3, 0.4) is 0 Å². The Balaban J connectivity index is 2.10. The molecular weight excluding hydrogens is 176 g/mol. The minimum Gasteiger partial charge on any atom is -0.493 e. The zero-order valence-electron chi connectivity index (χ0n) is 8.12. The van der Waals surface area contributed by atoms with Gasteiger partial charge in [-0.2, -0.15) is 0 Å². The van der Waals surface area contributed by atoms with E-state index in [2.05, 4.69) is 6.07 Å². The van der Waals surface area contributed by atoms with Gasteiger partial charge in [-0.25, -0.2) is 0 Å². The number of fused-ring (bicyclic) bond motifs is 1. The molecule has 0 spiro atoms. The number of benzene rings is 1. The molecular formula is C12H14O2. The smallest absolute Gasteiger partial charge is 0.128 e. The number of ether oxygens (including phenoxy) is 1. The van der Waals surface area contributed by atoms with Crippen LogP contribution in [-0.4, -0.2) is 11.7 Å². The molecule has 3 rings (SSSR count). The predicted octanol–water partition coefficient (Wildman–Crippen LogP) is 1.99. The van der Waals surface area contributed by atoms with Crippen LogP contribution in [0.1, 0.15) is 30.4 Å². The lowest BCUT2D eigenvalue weighted by atomic mass is 9.74. The summed E-state index contributed by atoms with van der Waals surface area (Å²) < 4.78 is 5.59. The van der Waals surface area contributed by atoms with Crippen LogP contribution in [0.15, 0.2) is 18.2 Å². The number of hydrogen-bond donors (Lipinski definition) is 1. The topological polar surface area (TPSA) is 29.5 Å². The third-order valence-electron chi connectivity index (χ3n) is 3.40. The molecule has 2 heteroatoms. The van der Waals surface area contributed by atoms with Gasteiger partial charge in [0.1, 0.15) is 5.75 Å². The molecule has 1 aromatic carbocycles. The molecule has 1 N–H and O–H groups in total. The van der Waals surface area contributed by atoms with E-state index in [0.29, 0.717) is 0 Å². The van der Waals surface area contributed by atoms with Crippen molar-refractivity contribution in [3.63, 3.8) is 0 Å². The van der Waals surface area contributed by atoms with E-state index in [1.807, 2.05) is 12.1 Å².